The molecule has 4 heterocycles. The van der Waals surface area contributed by atoms with Crippen LogP contribution in [0.25, 0.3) is 11.3 Å². The molecule has 3 aliphatic rings. The summed E-state index contributed by atoms with van der Waals surface area (Å²) in [4.78, 5) is 18.1. The summed E-state index contributed by atoms with van der Waals surface area (Å²) in [5.74, 6) is 0.787. The Balaban J connectivity index is 1.47. The fraction of sp³-hybridized carbons (Fsp3) is 0.389. The highest BCUT2D eigenvalue weighted by molar-refractivity contribution is 5.93. The van der Waals surface area contributed by atoms with E-state index in [-0.39, 0.29) is 17.7 Å². The molecule has 1 atom stereocenters. The van der Waals surface area contributed by atoms with Gasteiger partial charge in [-0.2, -0.15) is 0 Å². The lowest BCUT2D eigenvalue weighted by atomic mass is 9.84. The van der Waals surface area contributed by atoms with Crippen LogP contribution in [0.1, 0.15) is 23.3 Å². The van der Waals surface area contributed by atoms with E-state index in [1.165, 1.54) is 25.9 Å². The normalized spacial score (nSPS) is 26.2. The first-order chi connectivity index (χ1) is 11.2. The van der Waals surface area contributed by atoms with Gasteiger partial charge in [0.2, 0.25) is 0 Å². The number of hydrogen-bond acceptors (Lipinski definition) is 3. The van der Waals surface area contributed by atoms with Crippen molar-refractivity contribution in [1.82, 2.24) is 15.2 Å². The maximum absolute atomic E-state index is 12.5. The van der Waals surface area contributed by atoms with Crippen molar-refractivity contribution in [1.29, 1.82) is 0 Å². The zero-order chi connectivity index (χ0) is 15.8. The third kappa shape index (κ3) is 2.84. The van der Waals surface area contributed by atoms with Gasteiger partial charge in [-0.25, -0.2) is 0 Å². The number of nitrogens with one attached hydrogen (secondary N) is 2. The first-order valence-corrected chi connectivity index (χ1v) is 8.21. The largest absolute Gasteiger partial charge is 0.508 e. The van der Waals surface area contributed by atoms with Crippen molar-refractivity contribution in [3.8, 4) is 17.0 Å². The number of rotatable bonds is 3. The lowest BCUT2D eigenvalue weighted by Crippen LogP contribution is -2.57. The molecule has 3 aliphatic heterocycles. The van der Waals surface area contributed by atoms with Crippen LogP contribution < -0.4 is 5.32 Å². The molecule has 5 rings (SSSR count). The number of H-pyrrole nitrogens is 1. The summed E-state index contributed by atoms with van der Waals surface area (Å²) in [5.41, 5.74) is 2.27. The number of fused-ring (bicyclic) bond motifs is 3. The zero-order valence-electron chi connectivity index (χ0n) is 13.0. The molecular weight excluding hydrogens is 290 g/mol. The maximum Gasteiger partial charge on any atom is 0.267 e. The van der Waals surface area contributed by atoms with Gasteiger partial charge in [0.25, 0.3) is 5.91 Å². The van der Waals surface area contributed by atoms with Crippen LogP contribution in [0.15, 0.2) is 36.4 Å². The number of phenols is 1. The van der Waals surface area contributed by atoms with Gasteiger partial charge >= 0.3 is 0 Å². The Hall–Kier alpha value is -2.27. The van der Waals surface area contributed by atoms with Gasteiger partial charge in [0.15, 0.2) is 0 Å². The molecule has 5 heteroatoms. The Labute approximate surface area is 135 Å². The molecule has 1 aromatic carbocycles. The van der Waals surface area contributed by atoms with Gasteiger partial charge in [0.1, 0.15) is 11.4 Å². The van der Waals surface area contributed by atoms with E-state index in [1.54, 1.807) is 24.3 Å². The van der Waals surface area contributed by atoms with E-state index in [1.807, 2.05) is 12.1 Å². The smallest absolute Gasteiger partial charge is 0.267 e. The predicted molar refractivity (Wildman–Crippen MR) is 88.3 cm³/mol. The van der Waals surface area contributed by atoms with Gasteiger partial charge in [0, 0.05) is 23.8 Å². The SMILES string of the molecule is O=C(N[C@H]1CN2CCC1CC2)c1ccc(-c2cccc(O)c2)[nH]1. The van der Waals surface area contributed by atoms with Crippen LogP contribution in [0.2, 0.25) is 0 Å². The summed E-state index contributed by atoms with van der Waals surface area (Å²) < 4.78 is 0. The predicted octanol–water partition coefficient (Wildman–Crippen LogP) is 2.21. The van der Waals surface area contributed by atoms with Crippen molar-refractivity contribution >= 4 is 5.91 Å². The van der Waals surface area contributed by atoms with E-state index in [2.05, 4.69) is 15.2 Å². The number of amides is 1. The molecule has 3 saturated heterocycles. The lowest BCUT2D eigenvalue weighted by Gasteiger charge is -2.44. The molecule has 5 nitrogen and oxygen atoms in total. The van der Waals surface area contributed by atoms with Crippen LogP contribution >= 0.6 is 0 Å². The van der Waals surface area contributed by atoms with E-state index in [0.717, 1.165) is 17.8 Å². The molecular formula is C18H21N3O2. The number of aromatic amines is 1. The molecule has 3 N–H and O–H groups in total. The fourth-order valence-electron chi connectivity index (χ4n) is 3.74. The molecule has 23 heavy (non-hydrogen) atoms. The number of benzene rings is 1. The van der Waals surface area contributed by atoms with Crippen molar-refractivity contribution in [3.05, 3.63) is 42.1 Å². The number of phenolic OH excluding ortho intramolecular Hbond substituents is 1. The Kier molecular flexibility index (Phi) is 3.58. The molecule has 1 aromatic heterocycles. The van der Waals surface area contributed by atoms with Crippen molar-refractivity contribution in [3.63, 3.8) is 0 Å². The molecule has 1 amide bonds. The zero-order valence-corrected chi connectivity index (χ0v) is 13.0. The minimum atomic E-state index is -0.0462. The molecule has 0 unspecified atom stereocenters. The number of carbonyl (C=O) groups is 1. The second-order valence-electron chi connectivity index (χ2n) is 6.55. The Morgan fingerprint density at radius 1 is 1.22 bits per heavy atom. The van der Waals surface area contributed by atoms with Crippen LogP contribution in [-0.2, 0) is 0 Å². The minimum absolute atomic E-state index is 0.0462. The van der Waals surface area contributed by atoms with E-state index < -0.39 is 0 Å². The Morgan fingerprint density at radius 3 is 2.74 bits per heavy atom. The standard InChI is InChI=1S/C18H21N3O2/c22-14-3-1-2-13(10-14)15-4-5-16(19-15)18(23)20-17-11-21-8-6-12(17)7-9-21/h1-5,10,12,17,19,22H,6-9,11H2,(H,20,23)/t17-/m0/s1. The monoisotopic (exact) mass is 311 g/mol. The van der Waals surface area contributed by atoms with Gasteiger partial charge in [-0.3, -0.25) is 4.79 Å². The highest BCUT2D eigenvalue weighted by atomic mass is 16.3. The van der Waals surface area contributed by atoms with Gasteiger partial charge < -0.3 is 20.3 Å². The van der Waals surface area contributed by atoms with E-state index in [0.29, 0.717) is 11.6 Å². The minimum Gasteiger partial charge on any atom is -0.508 e. The molecule has 3 fully saturated rings. The number of aromatic nitrogens is 1. The summed E-state index contributed by atoms with van der Waals surface area (Å²) in [5, 5.41) is 12.8. The number of hydrogen-bond donors (Lipinski definition) is 3. The van der Waals surface area contributed by atoms with Gasteiger partial charge in [0.05, 0.1) is 0 Å². The fourth-order valence-corrected chi connectivity index (χ4v) is 3.74. The molecule has 120 valence electrons. The summed E-state index contributed by atoms with van der Waals surface area (Å²) >= 11 is 0. The highest BCUT2D eigenvalue weighted by Crippen LogP contribution is 2.28. The Morgan fingerprint density at radius 2 is 2.04 bits per heavy atom. The molecule has 2 aromatic rings. The third-order valence-electron chi connectivity index (χ3n) is 5.06. The van der Waals surface area contributed by atoms with E-state index >= 15 is 0 Å². The van der Waals surface area contributed by atoms with Crippen LogP contribution in [0.4, 0.5) is 0 Å². The van der Waals surface area contributed by atoms with Gasteiger partial charge in [-0.05, 0) is 56.1 Å². The van der Waals surface area contributed by atoms with Crippen LogP contribution in [0.3, 0.4) is 0 Å². The van der Waals surface area contributed by atoms with Crippen molar-refractivity contribution in [2.24, 2.45) is 5.92 Å². The Bertz CT molecular complexity index is 717. The molecule has 0 spiro atoms. The summed E-state index contributed by atoms with van der Waals surface area (Å²) in [6, 6.07) is 10.9. The van der Waals surface area contributed by atoms with E-state index in [9.17, 15) is 9.90 Å². The molecule has 0 saturated carbocycles. The quantitative estimate of drug-likeness (QED) is 0.814. The van der Waals surface area contributed by atoms with E-state index in [4.69, 9.17) is 0 Å². The number of aromatic hydroxyl groups is 1. The summed E-state index contributed by atoms with van der Waals surface area (Å²) in [6.45, 7) is 3.30. The summed E-state index contributed by atoms with van der Waals surface area (Å²) in [6.07, 6.45) is 2.37. The van der Waals surface area contributed by atoms with Crippen molar-refractivity contribution < 1.29 is 9.90 Å². The first-order valence-electron chi connectivity index (χ1n) is 8.21. The molecule has 0 aliphatic carbocycles. The second kappa shape index (κ2) is 5.74. The average molecular weight is 311 g/mol. The number of piperidine rings is 3. The third-order valence-corrected chi connectivity index (χ3v) is 5.06. The van der Waals surface area contributed by atoms with Gasteiger partial charge in [-0.15, -0.1) is 0 Å². The summed E-state index contributed by atoms with van der Waals surface area (Å²) in [7, 11) is 0. The lowest BCUT2D eigenvalue weighted by molar-refractivity contribution is 0.0618. The second-order valence-corrected chi connectivity index (χ2v) is 6.55. The molecule has 2 bridgehead atoms. The highest BCUT2D eigenvalue weighted by Gasteiger charge is 2.35. The van der Waals surface area contributed by atoms with Crippen molar-refractivity contribution in [2.45, 2.75) is 18.9 Å². The van der Waals surface area contributed by atoms with Gasteiger partial charge in [-0.1, -0.05) is 12.1 Å². The first kappa shape index (κ1) is 14.3. The number of nitrogens with zero attached hydrogens (tertiary/aromatic N) is 1. The maximum atomic E-state index is 12.5. The topological polar surface area (TPSA) is 68.4 Å². The van der Waals surface area contributed by atoms with Crippen molar-refractivity contribution in [2.75, 3.05) is 19.6 Å². The van der Waals surface area contributed by atoms with Crippen LogP contribution in [0.5, 0.6) is 5.75 Å². The van der Waals surface area contributed by atoms with Crippen LogP contribution in [0, 0.1) is 5.92 Å². The number of carbonyl (C=O) groups excluding carboxylic acids is 1. The average Bonchev–Trinajstić information content (AvgIpc) is 3.06. The van der Waals surface area contributed by atoms with Crippen LogP contribution in [-0.4, -0.2) is 46.6 Å². The molecule has 0 radical (unpaired) electrons.